The summed E-state index contributed by atoms with van der Waals surface area (Å²) in [7, 11) is 1.70. The zero-order valence-electron chi connectivity index (χ0n) is 9.80. The molecule has 1 heterocycles. The number of rotatable bonds is 5. The summed E-state index contributed by atoms with van der Waals surface area (Å²) in [6.45, 7) is 0.788. The van der Waals surface area contributed by atoms with Crippen molar-refractivity contribution in [3.8, 4) is 5.75 Å². The Morgan fingerprint density at radius 2 is 2.18 bits per heavy atom. The van der Waals surface area contributed by atoms with Gasteiger partial charge in [0.2, 0.25) is 0 Å². The Kier molecular flexibility index (Phi) is 4.33. The van der Waals surface area contributed by atoms with Gasteiger partial charge in [0.15, 0.2) is 0 Å². The average molecular weight is 245 g/mol. The highest BCUT2D eigenvalue weighted by atomic mass is 32.1. The van der Waals surface area contributed by atoms with Crippen molar-refractivity contribution in [2.24, 2.45) is 4.99 Å². The molecule has 2 rings (SSSR count). The molecule has 0 atom stereocenters. The molecule has 1 aromatic heterocycles. The zero-order chi connectivity index (χ0) is 11.9. The predicted octanol–water partition coefficient (Wildman–Crippen LogP) is 3.42. The molecule has 1 aromatic carbocycles. The topological polar surface area (TPSA) is 21.6 Å². The highest BCUT2D eigenvalue weighted by Crippen LogP contribution is 2.17. The molecule has 0 saturated carbocycles. The molecule has 0 saturated heterocycles. The van der Waals surface area contributed by atoms with E-state index < -0.39 is 0 Å². The summed E-state index contributed by atoms with van der Waals surface area (Å²) in [5.41, 5.74) is 2.38. The van der Waals surface area contributed by atoms with Crippen LogP contribution >= 0.6 is 11.3 Å². The van der Waals surface area contributed by atoms with Crippen LogP contribution in [-0.2, 0) is 6.42 Å². The van der Waals surface area contributed by atoms with Crippen LogP contribution in [0, 0.1) is 0 Å². The number of methoxy groups -OCH3 is 1. The number of ether oxygens (including phenoxy) is 1. The van der Waals surface area contributed by atoms with Gasteiger partial charge in [0.25, 0.3) is 0 Å². The second-order valence-corrected chi connectivity index (χ2v) is 4.43. The van der Waals surface area contributed by atoms with Crippen LogP contribution in [0.5, 0.6) is 5.75 Å². The van der Waals surface area contributed by atoms with Crippen molar-refractivity contribution in [3.05, 3.63) is 52.2 Å². The first-order chi connectivity index (χ1) is 8.40. The smallest absolute Gasteiger partial charge is 0.122 e. The lowest BCUT2D eigenvalue weighted by molar-refractivity contribution is 0.410. The first-order valence-corrected chi connectivity index (χ1v) is 6.48. The number of nitrogens with zero attached hydrogens (tertiary/aromatic N) is 1. The molecule has 0 aliphatic heterocycles. The summed E-state index contributed by atoms with van der Waals surface area (Å²) in [4.78, 5) is 4.41. The van der Waals surface area contributed by atoms with Gasteiger partial charge in [-0.15, -0.1) is 0 Å². The molecule has 3 heteroatoms. The second kappa shape index (κ2) is 6.21. The lowest BCUT2D eigenvalue weighted by Gasteiger charge is -2.05. The molecule has 0 N–H and O–H groups in total. The van der Waals surface area contributed by atoms with Gasteiger partial charge in [-0.25, -0.2) is 0 Å². The van der Waals surface area contributed by atoms with E-state index >= 15 is 0 Å². The molecule has 0 radical (unpaired) electrons. The molecular formula is C14H15NOS. The van der Waals surface area contributed by atoms with E-state index in [1.807, 2.05) is 24.4 Å². The van der Waals surface area contributed by atoms with Crippen LogP contribution in [0.3, 0.4) is 0 Å². The van der Waals surface area contributed by atoms with Crippen molar-refractivity contribution in [3.63, 3.8) is 0 Å². The van der Waals surface area contributed by atoms with E-state index in [1.165, 1.54) is 11.1 Å². The van der Waals surface area contributed by atoms with E-state index in [2.05, 4.69) is 27.9 Å². The summed E-state index contributed by atoms with van der Waals surface area (Å²) in [5, 5.41) is 4.15. The molecule has 88 valence electrons. The van der Waals surface area contributed by atoms with Crippen LogP contribution in [0.4, 0.5) is 0 Å². The number of thiophene rings is 1. The maximum atomic E-state index is 5.30. The van der Waals surface area contributed by atoms with Gasteiger partial charge < -0.3 is 4.74 Å². The summed E-state index contributed by atoms with van der Waals surface area (Å²) in [6.07, 6.45) is 2.83. The fourth-order valence-corrected chi connectivity index (χ4v) is 2.22. The van der Waals surface area contributed by atoms with Gasteiger partial charge >= 0.3 is 0 Å². The monoisotopic (exact) mass is 245 g/mol. The van der Waals surface area contributed by atoms with Gasteiger partial charge in [-0.05, 0) is 34.9 Å². The maximum absolute atomic E-state index is 5.30. The first-order valence-electron chi connectivity index (χ1n) is 5.54. The zero-order valence-corrected chi connectivity index (χ0v) is 10.6. The average Bonchev–Trinajstić information content (AvgIpc) is 2.88. The summed E-state index contributed by atoms with van der Waals surface area (Å²) < 4.78 is 5.30. The highest BCUT2D eigenvalue weighted by Gasteiger charge is 1.99. The van der Waals surface area contributed by atoms with E-state index in [0.29, 0.717) is 0 Å². The molecule has 0 fully saturated rings. The van der Waals surface area contributed by atoms with Gasteiger partial charge in [0.1, 0.15) is 5.75 Å². The third-order valence-corrected chi connectivity index (χ3v) is 3.19. The molecule has 0 aliphatic rings. The van der Waals surface area contributed by atoms with Gasteiger partial charge in [0.05, 0.1) is 7.11 Å². The van der Waals surface area contributed by atoms with Crippen molar-refractivity contribution in [2.75, 3.05) is 13.7 Å². The van der Waals surface area contributed by atoms with Crippen LogP contribution in [0.25, 0.3) is 0 Å². The lowest BCUT2D eigenvalue weighted by Crippen LogP contribution is -1.94. The van der Waals surface area contributed by atoms with Crippen LogP contribution in [0.1, 0.15) is 11.1 Å². The quantitative estimate of drug-likeness (QED) is 0.740. The minimum atomic E-state index is 0.788. The predicted molar refractivity (Wildman–Crippen MR) is 73.5 cm³/mol. The Hall–Kier alpha value is -1.61. The molecule has 17 heavy (non-hydrogen) atoms. The number of aliphatic imine (C=N–C) groups is 1. The SMILES string of the molecule is COc1ccccc1CCN=Cc1ccsc1. The molecule has 2 aromatic rings. The van der Waals surface area contributed by atoms with E-state index in [9.17, 15) is 0 Å². The fraction of sp³-hybridized carbons (Fsp3) is 0.214. The summed E-state index contributed by atoms with van der Waals surface area (Å²) >= 11 is 1.69. The summed E-state index contributed by atoms with van der Waals surface area (Å²) in [5.74, 6) is 0.943. The van der Waals surface area contributed by atoms with Crippen molar-refractivity contribution in [2.45, 2.75) is 6.42 Å². The van der Waals surface area contributed by atoms with Crippen LogP contribution in [0.15, 0.2) is 46.1 Å². The van der Waals surface area contributed by atoms with Gasteiger partial charge in [0, 0.05) is 18.3 Å². The van der Waals surface area contributed by atoms with E-state index in [0.717, 1.165) is 18.7 Å². The molecule has 0 spiro atoms. The van der Waals surface area contributed by atoms with Crippen molar-refractivity contribution < 1.29 is 4.74 Å². The number of para-hydroxylation sites is 1. The molecular weight excluding hydrogens is 230 g/mol. The van der Waals surface area contributed by atoms with Crippen molar-refractivity contribution >= 4 is 17.6 Å². The highest BCUT2D eigenvalue weighted by molar-refractivity contribution is 7.08. The van der Waals surface area contributed by atoms with E-state index in [-0.39, 0.29) is 0 Å². The largest absolute Gasteiger partial charge is 0.496 e. The van der Waals surface area contributed by atoms with Gasteiger partial charge in [-0.3, -0.25) is 4.99 Å². The third kappa shape index (κ3) is 3.43. The maximum Gasteiger partial charge on any atom is 0.122 e. The van der Waals surface area contributed by atoms with Crippen molar-refractivity contribution in [1.82, 2.24) is 0 Å². The lowest BCUT2D eigenvalue weighted by atomic mass is 10.1. The van der Waals surface area contributed by atoms with Gasteiger partial charge in [-0.2, -0.15) is 11.3 Å². The molecule has 0 bridgehead atoms. The van der Waals surface area contributed by atoms with Crippen LogP contribution < -0.4 is 4.74 Å². The molecule has 2 nitrogen and oxygen atoms in total. The standard InChI is InChI=1S/C14H15NOS/c1-16-14-5-3-2-4-13(14)6-8-15-10-12-7-9-17-11-12/h2-5,7,9-11H,6,8H2,1H3. The second-order valence-electron chi connectivity index (χ2n) is 3.65. The third-order valence-electron chi connectivity index (χ3n) is 2.49. The molecule has 0 aliphatic carbocycles. The Morgan fingerprint density at radius 1 is 1.29 bits per heavy atom. The van der Waals surface area contributed by atoms with E-state index in [4.69, 9.17) is 4.74 Å². The molecule has 0 amide bonds. The Balaban J connectivity index is 1.90. The minimum absolute atomic E-state index is 0.788. The van der Waals surface area contributed by atoms with Crippen LogP contribution in [-0.4, -0.2) is 19.9 Å². The number of hydrogen-bond donors (Lipinski definition) is 0. The van der Waals surface area contributed by atoms with Crippen molar-refractivity contribution in [1.29, 1.82) is 0 Å². The normalized spacial score (nSPS) is 10.9. The number of hydrogen-bond acceptors (Lipinski definition) is 3. The Labute approximate surface area is 106 Å². The van der Waals surface area contributed by atoms with Gasteiger partial charge in [-0.1, -0.05) is 18.2 Å². The summed E-state index contributed by atoms with van der Waals surface area (Å²) in [6, 6.07) is 10.1. The minimum Gasteiger partial charge on any atom is -0.496 e. The molecule has 0 unspecified atom stereocenters. The Morgan fingerprint density at radius 3 is 2.94 bits per heavy atom. The van der Waals surface area contributed by atoms with Crippen LogP contribution in [0.2, 0.25) is 0 Å². The van der Waals surface area contributed by atoms with E-state index in [1.54, 1.807) is 18.4 Å². The fourth-order valence-electron chi connectivity index (χ4n) is 1.61. The number of benzene rings is 1. The Bertz CT molecular complexity index is 477. The first kappa shape index (κ1) is 11.9.